The van der Waals surface area contributed by atoms with E-state index < -0.39 is 5.97 Å². The molecule has 126 valence electrons. The standard InChI is InChI=1S/C18H26N2O3/c1-12(2)14-9-8-13-5-3-6-16(15(13)11-14)20-18(23)19-10-4-7-17(21)22/h8-9,11-12,16H,3-7,10H2,1-2H3,(H,21,22)(H2,19,20,23)/t16-/m1/s1. The summed E-state index contributed by atoms with van der Waals surface area (Å²) in [6, 6.07) is 6.40. The lowest BCUT2D eigenvalue weighted by Gasteiger charge is -2.27. The van der Waals surface area contributed by atoms with Crippen LogP contribution in [0.25, 0.3) is 0 Å². The van der Waals surface area contributed by atoms with Crippen LogP contribution >= 0.6 is 0 Å². The normalized spacial score (nSPS) is 16.7. The molecule has 0 spiro atoms. The van der Waals surface area contributed by atoms with Crippen molar-refractivity contribution in [1.82, 2.24) is 10.6 Å². The van der Waals surface area contributed by atoms with Gasteiger partial charge in [-0.1, -0.05) is 32.0 Å². The minimum Gasteiger partial charge on any atom is -0.481 e. The Morgan fingerprint density at radius 1 is 1.35 bits per heavy atom. The van der Waals surface area contributed by atoms with Crippen molar-refractivity contribution in [1.29, 1.82) is 0 Å². The summed E-state index contributed by atoms with van der Waals surface area (Å²) < 4.78 is 0. The van der Waals surface area contributed by atoms with Crippen LogP contribution in [0.15, 0.2) is 18.2 Å². The molecule has 1 atom stereocenters. The molecule has 0 aliphatic heterocycles. The first-order chi connectivity index (χ1) is 11.0. The van der Waals surface area contributed by atoms with Crippen molar-refractivity contribution >= 4 is 12.0 Å². The van der Waals surface area contributed by atoms with Crippen LogP contribution in [0.3, 0.4) is 0 Å². The smallest absolute Gasteiger partial charge is 0.315 e. The zero-order valence-electron chi connectivity index (χ0n) is 13.9. The molecule has 2 rings (SSSR count). The summed E-state index contributed by atoms with van der Waals surface area (Å²) in [5.74, 6) is -0.373. The number of carboxylic acid groups (broad SMARTS) is 1. The molecule has 1 aliphatic rings. The Bertz CT molecular complexity index is 569. The van der Waals surface area contributed by atoms with Crippen molar-refractivity contribution in [2.75, 3.05) is 6.54 Å². The fourth-order valence-electron chi connectivity index (χ4n) is 2.98. The molecule has 0 unspecified atom stereocenters. The second kappa shape index (κ2) is 7.99. The molecule has 0 fully saturated rings. The molecule has 0 saturated carbocycles. The van der Waals surface area contributed by atoms with E-state index in [2.05, 4.69) is 42.7 Å². The Morgan fingerprint density at radius 3 is 2.83 bits per heavy atom. The van der Waals surface area contributed by atoms with Crippen LogP contribution in [-0.4, -0.2) is 23.7 Å². The van der Waals surface area contributed by atoms with Crippen molar-refractivity contribution in [3.05, 3.63) is 34.9 Å². The lowest BCUT2D eigenvalue weighted by atomic mass is 9.85. The number of amides is 2. The van der Waals surface area contributed by atoms with Crippen molar-refractivity contribution < 1.29 is 14.7 Å². The number of aryl methyl sites for hydroxylation is 1. The van der Waals surface area contributed by atoms with Crippen LogP contribution in [0.2, 0.25) is 0 Å². The molecule has 1 aromatic carbocycles. The van der Waals surface area contributed by atoms with Crippen LogP contribution in [0.1, 0.15) is 68.2 Å². The number of carbonyl (C=O) groups excluding carboxylic acids is 1. The Morgan fingerprint density at radius 2 is 2.13 bits per heavy atom. The van der Waals surface area contributed by atoms with Crippen LogP contribution in [0.5, 0.6) is 0 Å². The van der Waals surface area contributed by atoms with E-state index in [0.29, 0.717) is 18.9 Å². The van der Waals surface area contributed by atoms with Gasteiger partial charge in [-0.3, -0.25) is 4.79 Å². The maximum atomic E-state index is 12.0. The van der Waals surface area contributed by atoms with E-state index in [1.165, 1.54) is 16.7 Å². The topological polar surface area (TPSA) is 78.4 Å². The third-order valence-corrected chi connectivity index (χ3v) is 4.31. The molecule has 3 N–H and O–H groups in total. The van der Waals surface area contributed by atoms with E-state index in [0.717, 1.165) is 19.3 Å². The molecule has 23 heavy (non-hydrogen) atoms. The number of carboxylic acids is 1. The molecule has 1 aliphatic carbocycles. The number of urea groups is 1. The van der Waals surface area contributed by atoms with Crippen molar-refractivity contribution in [2.45, 2.75) is 57.9 Å². The summed E-state index contributed by atoms with van der Waals surface area (Å²) >= 11 is 0. The summed E-state index contributed by atoms with van der Waals surface area (Å²) in [6.45, 7) is 4.72. The highest BCUT2D eigenvalue weighted by Gasteiger charge is 2.22. The first kappa shape index (κ1) is 17.3. The van der Waals surface area contributed by atoms with Crippen molar-refractivity contribution in [3.63, 3.8) is 0 Å². The molecule has 0 bridgehead atoms. The molecule has 0 saturated heterocycles. The SMILES string of the molecule is CC(C)c1ccc2c(c1)[C@H](NC(=O)NCCCC(=O)O)CCC2. The largest absolute Gasteiger partial charge is 0.481 e. The fourth-order valence-corrected chi connectivity index (χ4v) is 2.98. The predicted octanol–water partition coefficient (Wildman–Crippen LogP) is 3.35. The average molecular weight is 318 g/mol. The highest BCUT2D eigenvalue weighted by Crippen LogP contribution is 2.32. The van der Waals surface area contributed by atoms with E-state index in [4.69, 9.17) is 5.11 Å². The number of fused-ring (bicyclic) bond motifs is 1. The van der Waals surface area contributed by atoms with Gasteiger partial charge in [0.15, 0.2) is 0 Å². The van der Waals surface area contributed by atoms with Gasteiger partial charge in [0.25, 0.3) is 0 Å². The second-order valence-electron chi connectivity index (χ2n) is 6.46. The highest BCUT2D eigenvalue weighted by atomic mass is 16.4. The first-order valence-electron chi connectivity index (χ1n) is 8.36. The second-order valence-corrected chi connectivity index (χ2v) is 6.46. The van der Waals surface area contributed by atoms with Gasteiger partial charge in [0.2, 0.25) is 0 Å². The van der Waals surface area contributed by atoms with Crippen molar-refractivity contribution in [2.24, 2.45) is 0 Å². The van der Waals surface area contributed by atoms with Crippen molar-refractivity contribution in [3.8, 4) is 0 Å². The maximum absolute atomic E-state index is 12.0. The third-order valence-electron chi connectivity index (χ3n) is 4.31. The number of rotatable bonds is 6. The quantitative estimate of drug-likeness (QED) is 0.704. The third kappa shape index (κ3) is 4.98. The molecule has 0 radical (unpaired) electrons. The molecule has 0 aromatic heterocycles. The summed E-state index contributed by atoms with van der Waals surface area (Å²) in [4.78, 5) is 22.5. The van der Waals surface area contributed by atoms with Crippen LogP contribution in [0, 0.1) is 0 Å². The highest BCUT2D eigenvalue weighted by molar-refractivity contribution is 5.74. The zero-order chi connectivity index (χ0) is 16.8. The summed E-state index contributed by atoms with van der Waals surface area (Å²) in [5.41, 5.74) is 3.83. The minimum atomic E-state index is -0.838. The molecule has 5 heteroatoms. The lowest BCUT2D eigenvalue weighted by Crippen LogP contribution is -2.39. The minimum absolute atomic E-state index is 0.0388. The molecule has 5 nitrogen and oxygen atoms in total. The molecular formula is C18H26N2O3. The number of carbonyl (C=O) groups is 2. The van der Waals surface area contributed by atoms with E-state index in [9.17, 15) is 9.59 Å². The van der Waals surface area contributed by atoms with Gasteiger partial charge in [-0.25, -0.2) is 4.79 Å². The maximum Gasteiger partial charge on any atom is 0.315 e. The Hall–Kier alpha value is -2.04. The number of nitrogens with one attached hydrogen (secondary N) is 2. The van der Waals surface area contributed by atoms with Gasteiger partial charge < -0.3 is 15.7 Å². The average Bonchev–Trinajstić information content (AvgIpc) is 2.51. The van der Waals surface area contributed by atoms with Gasteiger partial charge in [-0.15, -0.1) is 0 Å². The molecule has 2 amide bonds. The van der Waals surface area contributed by atoms with Crippen LogP contribution < -0.4 is 10.6 Å². The molecule has 0 heterocycles. The number of aliphatic carboxylic acids is 1. The van der Waals surface area contributed by atoms with Crippen LogP contribution in [-0.2, 0) is 11.2 Å². The van der Waals surface area contributed by atoms with E-state index in [-0.39, 0.29) is 18.5 Å². The lowest BCUT2D eigenvalue weighted by molar-refractivity contribution is -0.137. The van der Waals surface area contributed by atoms with Gasteiger partial charge in [0, 0.05) is 13.0 Å². The monoisotopic (exact) mass is 318 g/mol. The predicted molar refractivity (Wildman–Crippen MR) is 89.6 cm³/mol. The van der Waals surface area contributed by atoms with Gasteiger partial charge in [0.05, 0.1) is 6.04 Å². The number of hydrogen-bond acceptors (Lipinski definition) is 2. The summed E-state index contributed by atoms with van der Waals surface area (Å²) in [5, 5.41) is 14.4. The Kier molecular flexibility index (Phi) is 6.02. The van der Waals surface area contributed by atoms with E-state index in [1.54, 1.807) is 0 Å². The number of benzene rings is 1. The Balaban J connectivity index is 1.95. The first-order valence-corrected chi connectivity index (χ1v) is 8.36. The van der Waals surface area contributed by atoms with Crippen LogP contribution in [0.4, 0.5) is 4.79 Å². The van der Waals surface area contributed by atoms with Gasteiger partial charge in [-0.05, 0) is 48.3 Å². The van der Waals surface area contributed by atoms with E-state index >= 15 is 0 Å². The fraction of sp³-hybridized carbons (Fsp3) is 0.556. The summed E-state index contributed by atoms with van der Waals surface area (Å²) in [7, 11) is 0. The molecule has 1 aromatic rings. The molecular weight excluding hydrogens is 292 g/mol. The van der Waals surface area contributed by atoms with Gasteiger partial charge in [0.1, 0.15) is 0 Å². The van der Waals surface area contributed by atoms with Gasteiger partial charge in [-0.2, -0.15) is 0 Å². The number of hydrogen-bond donors (Lipinski definition) is 3. The zero-order valence-corrected chi connectivity index (χ0v) is 13.9. The van der Waals surface area contributed by atoms with Gasteiger partial charge >= 0.3 is 12.0 Å². The summed E-state index contributed by atoms with van der Waals surface area (Å²) in [6.07, 6.45) is 3.59. The Labute approximate surface area is 137 Å². The van der Waals surface area contributed by atoms with E-state index in [1.807, 2.05) is 0 Å².